The highest BCUT2D eigenvalue weighted by atomic mass is 19.1. The van der Waals surface area contributed by atoms with E-state index in [1.165, 1.54) is 31.7 Å². The second-order valence-corrected chi connectivity index (χ2v) is 5.44. The molecule has 1 aromatic carbocycles. The molecule has 1 aromatic rings. The van der Waals surface area contributed by atoms with Gasteiger partial charge < -0.3 is 10.6 Å². The minimum absolute atomic E-state index is 0.100. The van der Waals surface area contributed by atoms with Crippen molar-refractivity contribution in [1.82, 2.24) is 10.6 Å². The van der Waals surface area contributed by atoms with Crippen molar-refractivity contribution in [3.05, 3.63) is 35.6 Å². The van der Waals surface area contributed by atoms with Gasteiger partial charge in [0.25, 0.3) is 0 Å². The Labute approximate surface area is 123 Å². The zero-order valence-corrected chi connectivity index (χ0v) is 12.9. The van der Waals surface area contributed by atoms with Crippen molar-refractivity contribution in [2.75, 3.05) is 19.6 Å². The minimum atomic E-state index is -0.100. The summed E-state index contributed by atoms with van der Waals surface area (Å²) in [4.78, 5) is 0. The van der Waals surface area contributed by atoms with Gasteiger partial charge in [0.05, 0.1) is 0 Å². The Morgan fingerprint density at radius 3 is 2.65 bits per heavy atom. The van der Waals surface area contributed by atoms with E-state index in [1.807, 2.05) is 12.1 Å². The average Bonchev–Trinajstić information content (AvgIpc) is 2.45. The second kappa shape index (κ2) is 10.8. The van der Waals surface area contributed by atoms with E-state index in [4.69, 9.17) is 0 Å². The van der Waals surface area contributed by atoms with Crippen molar-refractivity contribution in [3.63, 3.8) is 0 Å². The first-order chi connectivity index (χ1) is 9.74. The number of benzene rings is 1. The average molecular weight is 280 g/mol. The van der Waals surface area contributed by atoms with Crippen molar-refractivity contribution < 1.29 is 4.39 Å². The number of halogens is 1. The first kappa shape index (κ1) is 17.1. The third kappa shape index (κ3) is 7.61. The van der Waals surface area contributed by atoms with Crippen LogP contribution in [0.4, 0.5) is 4.39 Å². The molecule has 2 nitrogen and oxygen atoms in total. The Hall–Kier alpha value is -0.930. The minimum Gasteiger partial charge on any atom is -0.315 e. The predicted molar refractivity (Wildman–Crippen MR) is 84.6 cm³/mol. The van der Waals surface area contributed by atoms with Crippen LogP contribution in [0.25, 0.3) is 0 Å². The van der Waals surface area contributed by atoms with Gasteiger partial charge in [-0.3, -0.25) is 0 Å². The number of rotatable bonds is 11. The van der Waals surface area contributed by atoms with Gasteiger partial charge in [0.15, 0.2) is 0 Å². The lowest BCUT2D eigenvalue weighted by Gasteiger charge is -2.13. The van der Waals surface area contributed by atoms with E-state index in [1.54, 1.807) is 6.07 Å². The SMILES string of the molecule is CCCCCC(C)NCCNCCc1ccccc1F. The summed E-state index contributed by atoms with van der Waals surface area (Å²) in [5.74, 6) is -0.100. The molecule has 0 aliphatic rings. The van der Waals surface area contributed by atoms with E-state index >= 15 is 0 Å². The van der Waals surface area contributed by atoms with Crippen molar-refractivity contribution in [3.8, 4) is 0 Å². The van der Waals surface area contributed by atoms with Gasteiger partial charge in [0.1, 0.15) is 5.82 Å². The first-order valence-corrected chi connectivity index (χ1v) is 7.91. The van der Waals surface area contributed by atoms with E-state index in [0.29, 0.717) is 6.04 Å². The van der Waals surface area contributed by atoms with Crippen molar-refractivity contribution >= 4 is 0 Å². The number of hydrogen-bond acceptors (Lipinski definition) is 2. The van der Waals surface area contributed by atoms with Crippen LogP contribution in [-0.4, -0.2) is 25.7 Å². The molecule has 0 aromatic heterocycles. The monoisotopic (exact) mass is 280 g/mol. The summed E-state index contributed by atoms with van der Waals surface area (Å²) in [6.07, 6.45) is 5.92. The number of nitrogens with one attached hydrogen (secondary N) is 2. The molecular formula is C17H29FN2. The van der Waals surface area contributed by atoms with Gasteiger partial charge in [-0.2, -0.15) is 0 Å². The Kier molecular flexibility index (Phi) is 9.25. The van der Waals surface area contributed by atoms with E-state index in [-0.39, 0.29) is 5.82 Å². The van der Waals surface area contributed by atoms with Gasteiger partial charge in [-0.1, -0.05) is 44.4 Å². The molecule has 0 aliphatic carbocycles. The summed E-state index contributed by atoms with van der Waals surface area (Å²) in [6.45, 7) is 7.22. The van der Waals surface area contributed by atoms with Crippen LogP contribution in [0.1, 0.15) is 45.1 Å². The Balaban J connectivity index is 1.98. The molecular weight excluding hydrogens is 251 g/mol. The predicted octanol–water partition coefficient (Wildman–Crippen LogP) is 3.52. The fourth-order valence-electron chi connectivity index (χ4n) is 2.26. The molecule has 0 spiro atoms. The summed E-state index contributed by atoms with van der Waals surface area (Å²) in [5, 5.41) is 6.87. The molecule has 114 valence electrons. The highest BCUT2D eigenvalue weighted by Gasteiger charge is 2.01. The van der Waals surface area contributed by atoms with Gasteiger partial charge in [-0.05, 0) is 37.9 Å². The van der Waals surface area contributed by atoms with Crippen LogP contribution >= 0.6 is 0 Å². The van der Waals surface area contributed by atoms with Crippen LogP contribution in [0.3, 0.4) is 0 Å². The van der Waals surface area contributed by atoms with Crippen LogP contribution in [0, 0.1) is 5.82 Å². The highest BCUT2D eigenvalue weighted by Crippen LogP contribution is 2.06. The first-order valence-electron chi connectivity index (χ1n) is 7.91. The molecule has 0 fully saturated rings. The normalized spacial score (nSPS) is 12.6. The number of unbranched alkanes of at least 4 members (excludes halogenated alkanes) is 2. The Bertz CT molecular complexity index is 355. The quantitative estimate of drug-likeness (QED) is 0.606. The fraction of sp³-hybridized carbons (Fsp3) is 0.647. The summed E-state index contributed by atoms with van der Waals surface area (Å²) >= 11 is 0. The molecule has 2 N–H and O–H groups in total. The molecule has 1 rings (SSSR count). The molecule has 20 heavy (non-hydrogen) atoms. The van der Waals surface area contributed by atoms with Gasteiger partial charge in [0.2, 0.25) is 0 Å². The van der Waals surface area contributed by atoms with Crippen molar-refractivity contribution in [2.45, 2.75) is 52.0 Å². The maximum Gasteiger partial charge on any atom is 0.126 e. The van der Waals surface area contributed by atoms with Crippen LogP contribution in [0.15, 0.2) is 24.3 Å². The van der Waals surface area contributed by atoms with E-state index < -0.39 is 0 Å². The maximum atomic E-state index is 13.4. The number of hydrogen-bond donors (Lipinski definition) is 2. The van der Waals surface area contributed by atoms with Gasteiger partial charge in [-0.25, -0.2) is 4.39 Å². The Morgan fingerprint density at radius 1 is 1.10 bits per heavy atom. The van der Waals surface area contributed by atoms with Gasteiger partial charge in [0, 0.05) is 19.1 Å². The smallest absolute Gasteiger partial charge is 0.126 e. The van der Waals surface area contributed by atoms with Crippen LogP contribution in [-0.2, 0) is 6.42 Å². The maximum absolute atomic E-state index is 13.4. The lowest BCUT2D eigenvalue weighted by molar-refractivity contribution is 0.480. The second-order valence-electron chi connectivity index (χ2n) is 5.44. The summed E-state index contributed by atoms with van der Waals surface area (Å²) in [7, 11) is 0. The summed E-state index contributed by atoms with van der Waals surface area (Å²) in [5.41, 5.74) is 0.792. The summed E-state index contributed by atoms with van der Waals surface area (Å²) < 4.78 is 13.4. The molecule has 0 saturated carbocycles. The standard InChI is InChI=1S/C17H29FN2/c1-3-4-5-8-15(2)20-14-13-19-12-11-16-9-6-7-10-17(16)18/h6-7,9-10,15,19-20H,3-5,8,11-14H2,1-2H3. The van der Waals surface area contributed by atoms with E-state index in [0.717, 1.165) is 31.6 Å². The summed E-state index contributed by atoms with van der Waals surface area (Å²) in [6, 6.07) is 7.59. The van der Waals surface area contributed by atoms with E-state index in [2.05, 4.69) is 24.5 Å². The lowest BCUT2D eigenvalue weighted by Crippen LogP contribution is -2.34. The third-order valence-electron chi connectivity index (χ3n) is 3.56. The largest absolute Gasteiger partial charge is 0.315 e. The third-order valence-corrected chi connectivity index (χ3v) is 3.56. The molecule has 0 saturated heterocycles. The molecule has 1 unspecified atom stereocenters. The van der Waals surface area contributed by atoms with Crippen LogP contribution in [0.5, 0.6) is 0 Å². The van der Waals surface area contributed by atoms with Crippen molar-refractivity contribution in [1.29, 1.82) is 0 Å². The van der Waals surface area contributed by atoms with Crippen LogP contribution in [0.2, 0.25) is 0 Å². The zero-order chi connectivity index (χ0) is 14.6. The molecule has 0 heterocycles. The van der Waals surface area contributed by atoms with Crippen LogP contribution < -0.4 is 10.6 Å². The van der Waals surface area contributed by atoms with Gasteiger partial charge in [-0.15, -0.1) is 0 Å². The fourth-order valence-corrected chi connectivity index (χ4v) is 2.26. The molecule has 0 aliphatic heterocycles. The molecule has 0 radical (unpaired) electrons. The topological polar surface area (TPSA) is 24.1 Å². The lowest BCUT2D eigenvalue weighted by atomic mass is 10.1. The molecule has 1 atom stereocenters. The van der Waals surface area contributed by atoms with Crippen molar-refractivity contribution in [2.24, 2.45) is 0 Å². The highest BCUT2D eigenvalue weighted by molar-refractivity contribution is 5.17. The molecule has 0 bridgehead atoms. The van der Waals surface area contributed by atoms with Gasteiger partial charge >= 0.3 is 0 Å². The molecule has 0 amide bonds. The molecule has 3 heteroatoms. The van der Waals surface area contributed by atoms with E-state index in [9.17, 15) is 4.39 Å². The zero-order valence-electron chi connectivity index (χ0n) is 12.9. The Morgan fingerprint density at radius 2 is 1.90 bits per heavy atom.